The van der Waals surface area contributed by atoms with Gasteiger partial charge in [0.15, 0.2) is 5.03 Å². The van der Waals surface area contributed by atoms with Gasteiger partial charge in [-0.15, -0.1) is 0 Å². The number of rotatable bonds is 7. The monoisotopic (exact) mass is 511 g/mol. The Hall–Kier alpha value is -2.57. The number of amides is 1. The molecule has 1 N–H and O–H groups in total. The molecule has 4 rings (SSSR count). The number of hydrogen-bond acceptors (Lipinski definition) is 6. The molecular weight excluding hydrogens is 480 g/mol. The Labute approximate surface area is 204 Å². The maximum Gasteiger partial charge on any atom is 0.262 e. The van der Waals surface area contributed by atoms with Crippen molar-refractivity contribution in [2.75, 3.05) is 39.8 Å². The number of methoxy groups -OCH3 is 1. The highest BCUT2D eigenvalue weighted by atomic mass is 32.2. The molecule has 0 atom stereocenters. The molecule has 192 valence electrons. The Kier molecular flexibility index (Phi) is 7.16. The lowest BCUT2D eigenvalue weighted by Gasteiger charge is -2.50. The minimum atomic E-state index is -3.73. The van der Waals surface area contributed by atoms with E-state index < -0.39 is 21.5 Å². The van der Waals surface area contributed by atoms with Crippen LogP contribution in [0.2, 0.25) is 0 Å². The molecule has 9 nitrogen and oxygen atoms in total. The third kappa shape index (κ3) is 5.34. The van der Waals surface area contributed by atoms with Crippen molar-refractivity contribution < 1.29 is 26.7 Å². The van der Waals surface area contributed by atoms with Crippen LogP contribution in [0.5, 0.6) is 5.75 Å². The summed E-state index contributed by atoms with van der Waals surface area (Å²) >= 11 is 0. The Morgan fingerprint density at radius 1 is 1.11 bits per heavy atom. The maximum atomic E-state index is 14.1. The number of aromatic nitrogens is 2. The van der Waals surface area contributed by atoms with Crippen molar-refractivity contribution in [1.82, 2.24) is 24.1 Å². The summed E-state index contributed by atoms with van der Waals surface area (Å²) in [7, 11) is -0.550. The molecular formula is C23H31F2N5O4S. The van der Waals surface area contributed by atoms with Gasteiger partial charge < -0.3 is 14.6 Å². The van der Waals surface area contributed by atoms with E-state index in [0.29, 0.717) is 24.4 Å². The summed E-state index contributed by atoms with van der Waals surface area (Å²) < 4.78 is 62.2. The highest BCUT2D eigenvalue weighted by Gasteiger charge is 2.48. The van der Waals surface area contributed by atoms with Crippen molar-refractivity contribution in [3.63, 3.8) is 0 Å². The molecule has 12 heteroatoms. The zero-order chi connectivity index (χ0) is 25.3. The van der Waals surface area contributed by atoms with Crippen LogP contribution in [-0.4, -0.2) is 84.4 Å². The van der Waals surface area contributed by atoms with Crippen molar-refractivity contribution in [2.45, 2.75) is 42.2 Å². The van der Waals surface area contributed by atoms with Crippen LogP contribution in [0.3, 0.4) is 0 Å². The third-order valence-corrected chi connectivity index (χ3v) is 8.82. The van der Waals surface area contributed by atoms with Gasteiger partial charge in [-0.05, 0) is 25.0 Å². The van der Waals surface area contributed by atoms with Crippen molar-refractivity contribution in [3.8, 4) is 5.75 Å². The van der Waals surface area contributed by atoms with Gasteiger partial charge in [-0.3, -0.25) is 9.69 Å². The Balaban J connectivity index is 1.48. The number of benzene rings is 1. The lowest BCUT2D eigenvalue weighted by Crippen LogP contribution is -2.63. The molecule has 1 amide bonds. The highest BCUT2D eigenvalue weighted by Crippen LogP contribution is 2.42. The first-order valence-corrected chi connectivity index (χ1v) is 13.0. The van der Waals surface area contributed by atoms with Gasteiger partial charge in [0.25, 0.3) is 15.9 Å². The summed E-state index contributed by atoms with van der Waals surface area (Å²) in [5, 5.41) is 2.92. The fourth-order valence-electron chi connectivity index (χ4n) is 4.92. The van der Waals surface area contributed by atoms with E-state index in [1.165, 1.54) is 23.9 Å². The van der Waals surface area contributed by atoms with Crippen LogP contribution in [0.15, 0.2) is 41.8 Å². The molecule has 0 radical (unpaired) electrons. The number of hydrogen-bond donors (Lipinski definition) is 1. The predicted octanol–water partition coefficient (Wildman–Crippen LogP) is 2.11. The van der Waals surface area contributed by atoms with Gasteiger partial charge in [-0.2, -0.15) is 4.31 Å². The van der Waals surface area contributed by atoms with Crippen LogP contribution in [0.25, 0.3) is 0 Å². The van der Waals surface area contributed by atoms with Crippen LogP contribution >= 0.6 is 0 Å². The number of halogens is 2. The van der Waals surface area contributed by atoms with Crippen LogP contribution in [-0.2, 0) is 17.1 Å². The predicted molar refractivity (Wildman–Crippen MR) is 125 cm³/mol. The summed E-state index contributed by atoms with van der Waals surface area (Å²) in [6.45, 7) is 1.38. The van der Waals surface area contributed by atoms with Crippen LogP contribution in [0, 0.1) is 0 Å². The van der Waals surface area contributed by atoms with Crippen LogP contribution < -0.4 is 10.1 Å². The zero-order valence-corrected chi connectivity index (χ0v) is 20.7. The number of alkyl halides is 2. The minimum absolute atomic E-state index is 0.00968. The number of aryl methyl sites for hydroxylation is 1. The number of sulfonamides is 1. The molecule has 1 aliphatic carbocycles. The number of carbonyl (C=O) groups is 1. The van der Waals surface area contributed by atoms with Crippen molar-refractivity contribution in [1.29, 1.82) is 0 Å². The van der Waals surface area contributed by atoms with Crippen LogP contribution in [0.4, 0.5) is 8.78 Å². The van der Waals surface area contributed by atoms with Gasteiger partial charge in [0.2, 0.25) is 5.92 Å². The van der Waals surface area contributed by atoms with E-state index in [1.54, 1.807) is 35.9 Å². The van der Waals surface area contributed by atoms with Gasteiger partial charge in [-0.1, -0.05) is 12.1 Å². The number of imidazole rings is 1. The summed E-state index contributed by atoms with van der Waals surface area (Å²) in [5.41, 5.74) is -0.308. The number of nitrogens with one attached hydrogen (secondary N) is 1. The van der Waals surface area contributed by atoms with E-state index in [-0.39, 0.29) is 56.3 Å². The molecule has 2 aromatic rings. The molecule has 1 aromatic heterocycles. The number of para-hydroxylation sites is 1. The van der Waals surface area contributed by atoms with Gasteiger partial charge in [0, 0.05) is 64.3 Å². The fraction of sp³-hybridized carbons (Fsp3) is 0.565. The second-order valence-electron chi connectivity index (χ2n) is 9.23. The van der Waals surface area contributed by atoms with E-state index in [2.05, 4.69) is 15.2 Å². The number of piperazine rings is 1. The molecule has 0 spiro atoms. The molecule has 1 saturated heterocycles. The Morgan fingerprint density at radius 3 is 2.37 bits per heavy atom. The number of ether oxygens (including phenoxy) is 1. The van der Waals surface area contributed by atoms with E-state index in [4.69, 9.17) is 4.74 Å². The molecule has 2 aliphatic rings. The van der Waals surface area contributed by atoms with E-state index in [9.17, 15) is 22.0 Å². The molecule has 2 fully saturated rings. The van der Waals surface area contributed by atoms with E-state index in [0.717, 1.165) is 0 Å². The first-order chi connectivity index (χ1) is 16.6. The molecule has 1 aliphatic heterocycles. The second-order valence-corrected chi connectivity index (χ2v) is 11.1. The fourth-order valence-corrected chi connectivity index (χ4v) is 6.30. The zero-order valence-electron chi connectivity index (χ0n) is 19.9. The Bertz CT molecular complexity index is 1150. The van der Waals surface area contributed by atoms with Gasteiger partial charge >= 0.3 is 0 Å². The SMILES string of the molecule is COc1ccccc1C(=O)NCC1(N2CCN(S(=O)(=O)c3cn(C)cn3)CC2)CCC(F)(F)CC1. The average molecular weight is 512 g/mol. The average Bonchev–Trinajstić information content (AvgIpc) is 3.31. The third-order valence-electron chi connectivity index (χ3n) is 7.04. The summed E-state index contributed by atoms with van der Waals surface area (Å²) in [6.07, 6.45) is 2.76. The summed E-state index contributed by atoms with van der Waals surface area (Å²) in [6, 6.07) is 6.83. The van der Waals surface area contributed by atoms with Crippen molar-refractivity contribution >= 4 is 15.9 Å². The number of nitrogens with zero attached hydrogens (tertiary/aromatic N) is 4. The van der Waals surface area contributed by atoms with Crippen LogP contribution in [0.1, 0.15) is 36.0 Å². The largest absolute Gasteiger partial charge is 0.496 e. The summed E-state index contributed by atoms with van der Waals surface area (Å²) in [4.78, 5) is 18.9. The van der Waals surface area contributed by atoms with E-state index in [1.807, 2.05) is 0 Å². The molecule has 0 unspecified atom stereocenters. The summed E-state index contributed by atoms with van der Waals surface area (Å²) in [5.74, 6) is -2.64. The molecule has 1 saturated carbocycles. The number of carbonyl (C=O) groups excluding carboxylic acids is 1. The second kappa shape index (κ2) is 9.82. The Morgan fingerprint density at radius 2 is 1.77 bits per heavy atom. The molecule has 2 heterocycles. The lowest BCUT2D eigenvalue weighted by atomic mass is 9.78. The van der Waals surface area contributed by atoms with Gasteiger partial charge in [0.05, 0.1) is 19.0 Å². The minimum Gasteiger partial charge on any atom is -0.496 e. The highest BCUT2D eigenvalue weighted by molar-refractivity contribution is 7.89. The molecule has 35 heavy (non-hydrogen) atoms. The van der Waals surface area contributed by atoms with Gasteiger partial charge in [0.1, 0.15) is 5.75 Å². The lowest BCUT2D eigenvalue weighted by molar-refractivity contribution is -0.0856. The van der Waals surface area contributed by atoms with Crippen molar-refractivity contribution in [3.05, 3.63) is 42.4 Å². The van der Waals surface area contributed by atoms with Gasteiger partial charge in [-0.25, -0.2) is 22.2 Å². The maximum absolute atomic E-state index is 14.1. The standard InChI is InChI=1S/C23H31F2N5O4S/c1-28-15-20(27-17-28)35(32,33)30-13-11-29(12-14-30)22(7-9-23(24,25)10-8-22)16-26-21(31)18-5-3-4-6-19(18)34-2/h3-6,15,17H,7-14,16H2,1-2H3,(H,26,31). The smallest absolute Gasteiger partial charge is 0.262 e. The first kappa shape index (κ1) is 25.5. The van der Waals surface area contributed by atoms with Crippen molar-refractivity contribution in [2.24, 2.45) is 7.05 Å². The topological polar surface area (TPSA) is 96.8 Å². The quantitative estimate of drug-likeness (QED) is 0.612. The van der Waals surface area contributed by atoms with E-state index >= 15 is 0 Å². The first-order valence-electron chi connectivity index (χ1n) is 11.6. The molecule has 1 aromatic carbocycles. The normalized spacial score (nSPS) is 20.9. The molecule has 0 bridgehead atoms.